The first kappa shape index (κ1) is 26.3. The van der Waals surface area contributed by atoms with Crippen LogP contribution in [0.25, 0.3) is 0 Å². The third kappa shape index (κ3) is 6.14. The van der Waals surface area contributed by atoms with Gasteiger partial charge in [-0.1, -0.05) is 42.5 Å². The third-order valence-electron chi connectivity index (χ3n) is 6.41. The molecule has 1 heterocycles. The van der Waals surface area contributed by atoms with E-state index in [0.717, 1.165) is 10.5 Å². The molecular formula is C29H29NO6S. The number of amides is 1. The molecule has 1 aliphatic rings. The SMILES string of the molecule is CSc1ccc(C(=O)C2CN(C(=O)Oc3ccccc3)C[C@@H]2c2cccc(OC(C)(C)C(=O)O)c2)cc1. The Labute approximate surface area is 220 Å². The van der Waals surface area contributed by atoms with Gasteiger partial charge in [-0.15, -0.1) is 11.8 Å². The molecular weight excluding hydrogens is 490 g/mol. The Morgan fingerprint density at radius 3 is 2.24 bits per heavy atom. The number of carbonyl (C=O) groups excluding carboxylic acids is 2. The van der Waals surface area contributed by atoms with Crippen molar-refractivity contribution in [3.05, 3.63) is 90.0 Å². The molecule has 0 saturated carbocycles. The number of ether oxygens (including phenoxy) is 2. The zero-order valence-corrected chi connectivity index (χ0v) is 21.7. The van der Waals surface area contributed by atoms with Crippen molar-refractivity contribution in [2.24, 2.45) is 5.92 Å². The molecule has 0 aromatic heterocycles. The molecule has 3 aromatic rings. The Kier molecular flexibility index (Phi) is 7.88. The summed E-state index contributed by atoms with van der Waals surface area (Å²) in [4.78, 5) is 40.8. The van der Waals surface area contributed by atoms with Crippen molar-refractivity contribution in [3.8, 4) is 11.5 Å². The number of carbonyl (C=O) groups is 3. The minimum Gasteiger partial charge on any atom is -0.478 e. The van der Waals surface area contributed by atoms with Gasteiger partial charge in [-0.25, -0.2) is 9.59 Å². The Bertz CT molecular complexity index is 1280. The summed E-state index contributed by atoms with van der Waals surface area (Å²) in [7, 11) is 0. The van der Waals surface area contributed by atoms with Gasteiger partial charge in [-0.2, -0.15) is 0 Å². The minimum atomic E-state index is -1.42. The van der Waals surface area contributed by atoms with E-state index in [1.54, 1.807) is 59.1 Å². The fourth-order valence-electron chi connectivity index (χ4n) is 4.33. The fourth-order valence-corrected chi connectivity index (χ4v) is 4.73. The van der Waals surface area contributed by atoms with Gasteiger partial charge in [-0.05, 0) is 62.1 Å². The summed E-state index contributed by atoms with van der Waals surface area (Å²) in [6, 6.07) is 23.3. The van der Waals surface area contributed by atoms with Gasteiger partial charge < -0.3 is 19.5 Å². The summed E-state index contributed by atoms with van der Waals surface area (Å²) in [5.41, 5.74) is -0.0630. The van der Waals surface area contributed by atoms with Gasteiger partial charge in [0.15, 0.2) is 11.4 Å². The van der Waals surface area contributed by atoms with E-state index in [9.17, 15) is 19.5 Å². The van der Waals surface area contributed by atoms with Gasteiger partial charge in [0.1, 0.15) is 11.5 Å². The maximum atomic E-state index is 13.7. The van der Waals surface area contributed by atoms with Crippen LogP contribution in [0.4, 0.5) is 4.79 Å². The number of hydrogen-bond donors (Lipinski definition) is 1. The molecule has 1 aliphatic heterocycles. The van der Waals surface area contributed by atoms with Gasteiger partial charge in [0, 0.05) is 35.4 Å². The van der Waals surface area contributed by atoms with Crippen molar-refractivity contribution in [1.82, 2.24) is 4.90 Å². The van der Waals surface area contributed by atoms with Crippen LogP contribution in [0.2, 0.25) is 0 Å². The van der Waals surface area contributed by atoms with Crippen LogP contribution >= 0.6 is 11.8 Å². The van der Waals surface area contributed by atoms with Gasteiger partial charge in [0.2, 0.25) is 0 Å². The summed E-state index contributed by atoms with van der Waals surface area (Å²) in [5.74, 6) is -1.18. The molecule has 1 amide bonds. The van der Waals surface area contributed by atoms with Gasteiger partial charge in [0.25, 0.3) is 0 Å². The van der Waals surface area contributed by atoms with Crippen molar-refractivity contribution in [1.29, 1.82) is 0 Å². The third-order valence-corrected chi connectivity index (χ3v) is 7.16. The highest BCUT2D eigenvalue weighted by atomic mass is 32.2. The van der Waals surface area contributed by atoms with Crippen LogP contribution < -0.4 is 9.47 Å². The van der Waals surface area contributed by atoms with Crippen molar-refractivity contribution in [2.75, 3.05) is 19.3 Å². The highest BCUT2D eigenvalue weighted by Crippen LogP contribution is 2.37. The van der Waals surface area contributed by atoms with E-state index >= 15 is 0 Å². The van der Waals surface area contributed by atoms with Crippen LogP contribution in [0.5, 0.6) is 11.5 Å². The molecule has 1 fully saturated rings. The second-order valence-electron chi connectivity index (χ2n) is 9.38. The highest BCUT2D eigenvalue weighted by molar-refractivity contribution is 7.98. The van der Waals surface area contributed by atoms with Crippen molar-refractivity contribution in [3.63, 3.8) is 0 Å². The smallest absolute Gasteiger partial charge is 0.415 e. The van der Waals surface area contributed by atoms with E-state index in [0.29, 0.717) is 17.1 Å². The zero-order valence-electron chi connectivity index (χ0n) is 20.9. The Hall–Kier alpha value is -3.78. The Morgan fingerprint density at radius 1 is 0.919 bits per heavy atom. The molecule has 7 nitrogen and oxygen atoms in total. The summed E-state index contributed by atoms with van der Waals surface area (Å²) in [5, 5.41) is 9.45. The molecule has 1 unspecified atom stereocenters. The lowest BCUT2D eigenvalue weighted by Crippen LogP contribution is -2.37. The van der Waals surface area contributed by atoms with E-state index in [1.165, 1.54) is 13.8 Å². The van der Waals surface area contributed by atoms with E-state index < -0.39 is 23.6 Å². The predicted molar refractivity (Wildman–Crippen MR) is 142 cm³/mol. The first-order chi connectivity index (χ1) is 17.7. The normalized spacial score (nSPS) is 17.3. The number of carboxylic acid groups (broad SMARTS) is 1. The molecule has 1 saturated heterocycles. The van der Waals surface area contributed by atoms with Gasteiger partial charge >= 0.3 is 12.1 Å². The van der Waals surface area contributed by atoms with Crippen molar-refractivity contribution in [2.45, 2.75) is 30.3 Å². The number of para-hydroxylation sites is 1. The fraction of sp³-hybridized carbons (Fsp3) is 0.276. The second kappa shape index (κ2) is 11.1. The molecule has 3 aromatic carbocycles. The van der Waals surface area contributed by atoms with E-state index in [2.05, 4.69) is 0 Å². The molecule has 192 valence electrons. The monoisotopic (exact) mass is 519 g/mol. The average molecular weight is 520 g/mol. The summed E-state index contributed by atoms with van der Waals surface area (Å²) < 4.78 is 11.3. The largest absolute Gasteiger partial charge is 0.478 e. The topological polar surface area (TPSA) is 93.1 Å². The molecule has 0 spiro atoms. The number of thioether (sulfide) groups is 1. The molecule has 1 N–H and O–H groups in total. The van der Waals surface area contributed by atoms with Gasteiger partial charge in [0.05, 0.1) is 0 Å². The van der Waals surface area contributed by atoms with Crippen LogP contribution in [0.1, 0.15) is 35.7 Å². The average Bonchev–Trinajstić information content (AvgIpc) is 3.34. The van der Waals surface area contributed by atoms with Crippen molar-refractivity contribution < 1.29 is 29.0 Å². The number of Topliss-reactive ketones (excluding diaryl/α,β-unsaturated/α-hetero) is 1. The lowest BCUT2D eigenvalue weighted by atomic mass is 9.84. The first-order valence-electron chi connectivity index (χ1n) is 11.9. The van der Waals surface area contributed by atoms with Crippen molar-refractivity contribution >= 4 is 29.6 Å². The molecule has 2 atom stereocenters. The van der Waals surface area contributed by atoms with Crippen LogP contribution in [0, 0.1) is 5.92 Å². The zero-order chi connectivity index (χ0) is 26.6. The lowest BCUT2D eigenvalue weighted by Gasteiger charge is -2.23. The number of benzene rings is 3. The second-order valence-corrected chi connectivity index (χ2v) is 10.3. The molecule has 8 heteroatoms. The Morgan fingerprint density at radius 2 is 1.59 bits per heavy atom. The number of aliphatic carboxylic acids is 1. The Balaban J connectivity index is 1.63. The van der Waals surface area contributed by atoms with Crippen LogP contribution in [-0.4, -0.2) is 52.8 Å². The number of carboxylic acids is 1. The standard InChI is InChI=1S/C29H29NO6S/c1-29(2,27(32)33)36-22-11-7-8-20(16-22)24-17-30(28(34)35-21-9-5-4-6-10-21)18-25(24)26(31)19-12-14-23(37-3)15-13-19/h4-16,24-25H,17-18H2,1-3H3,(H,32,33)/t24-,25?/m1/s1. The number of hydrogen-bond acceptors (Lipinski definition) is 6. The quantitative estimate of drug-likeness (QED) is 0.299. The number of likely N-dealkylation sites (tertiary alicyclic amines) is 1. The number of rotatable bonds is 8. The van der Waals surface area contributed by atoms with Crippen LogP contribution in [0.3, 0.4) is 0 Å². The van der Waals surface area contributed by atoms with E-state index in [4.69, 9.17) is 9.47 Å². The molecule has 0 bridgehead atoms. The summed E-state index contributed by atoms with van der Waals surface area (Å²) in [6.07, 6.45) is 1.45. The number of nitrogens with zero attached hydrogens (tertiary/aromatic N) is 1. The molecule has 0 radical (unpaired) electrons. The van der Waals surface area contributed by atoms with Gasteiger partial charge in [-0.3, -0.25) is 4.79 Å². The maximum absolute atomic E-state index is 13.7. The predicted octanol–water partition coefficient (Wildman–Crippen LogP) is 5.75. The van der Waals surface area contributed by atoms with E-state index in [-0.39, 0.29) is 24.8 Å². The molecule has 4 rings (SSSR count). The van der Waals surface area contributed by atoms with E-state index in [1.807, 2.05) is 42.7 Å². The molecule has 0 aliphatic carbocycles. The van der Waals surface area contributed by atoms with Crippen LogP contribution in [-0.2, 0) is 4.79 Å². The summed E-state index contributed by atoms with van der Waals surface area (Å²) >= 11 is 1.60. The minimum absolute atomic E-state index is 0.0650. The first-order valence-corrected chi connectivity index (χ1v) is 13.1. The highest BCUT2D eigenvalue weighted by Gasteiger charge is 2.41. The lowest BCUT2D eigenvalue weighted by molar-refractivity contribution is -0.152. The summed E-state index contributed by atoms with van der Waals surface area (Å²) in [6.45, 7) is 3.43. The maximum Gasteiger partial charge on any atom is 0.415 e. The molecule has 37 heavy (non-hydrogen) atoms. The van der Waals surface area contributed by atoms with Crippen LogP contribution in [0.15, 0.2) is 83.8 Å². The number of ketones is 1.